The van der Waals surface area contributed by atoms with Crippen molar-refractivity contribution in [1.29, 1.82) is 0 Å². The fourth-order valence-corrected chi connectivity index (χ4v) is 3.16. The van der Waals surface area contributed by atoms with Crippen molar-refractivity contribution in [3.05, 3.63) is 63.1 Å². The second-order valence-corrected chi connectivity index (χ2v) is 6.01. The Morgan fingerprint density at radius 2 is 1.58 bits per heavy atom. The van der Waals surface area contributed by atoms with Crippen molar-refractivity contribution in [2.75, 3.05) is 5.32 Å². The SMILES string of the molecule is Cc1cc(C)c(C(C)Nc2ccccc2Br)c(C)c1. The van der Waals surface area contributed by atoms with E-state index in [0.717, 1.165) is 10.2 Å². The Kier molecular flexibility index (Phi) is 4.31. The molecule has 0 heterocycles. The lowest BCUT2D eigenvalue weighted by molar-refractivity contribution is 0.861. The number of rotatable bonds is 3. The van der Waals surface area contributed by atoms with Crippen molar-refractivity contribution in [3.8, 4) is 0 Å². The van der Waals surface area contributed by atoms with E-state index in [1.54, 1.807) is 0 Å². The van der Waals surface area contributed by atoms with Crippen LogP contribution in [0.2, 0.25) is 0 Å². The van der Waals surface area contributed by atoms with Crippen molar-refractivity contribution in [2.24, 2.45) is 0 Å². The number of benzene rings is 2. The van der Waals surface area contributed by atoms with Crippen molar-refractivity contribution >= 4 is 21.6 Å². The quantitative estimate of drug-likeness (QED) is 0.782. The molecule has 2 aromatic carbocycles. The summed E-state index contributed by atoms with van der Waals surface area (Å²) in [7, 11) is 0. The molecule has 1 nitrogen and oxygen atoms in total. The lowest BCUT2D eigenvalue weighted by atomic mass is 9.95. The van der Waals surface area contributed by atoms with Gasteiger partial charge in [-0.05, 0) is 72.4 Å². The van der Waals surface area contributed by atoms with Crippen LogP contribution in [-0.4, -0.2) is 0 Å². The molecule has 0 aliphatic rings. The summed E-state index contributed by atoms with van der Waals surface area (Å²) in [6.45, 7) is 8.74. The van der Waals surface area contributed by atoms with E-state index in [4.69, 9.17) is 0 Å². The number of halogens is 1. The van der Waals surface area contributed by atoms with Crippen LogP contribution in [0, 0.1) is 20.8 Å². The zero-order valence-electron chi connectivity index (χ0n) is 11.9. The highest BCUT2D eigenvalue weighted by Crippen LogP contribution is 2.29. The average molecular weight is 318 g/mol. The lowest BCUT2D eigenvalue weighted by Crippen LogP contribution is -2.10. The number of hydrogen-bond donors (Lipinski definition) is 1. The molecule has 0 saturated carbocycles. The molecule has 0 aromatic heterocycles. The van der Waals surface area contributed by atoms with Crippen LogP contribution in [-0.2, 0) is 0 Å². The Morgan fingerprint density at radius 1 is 1.00 bits per heavy atom. The van der Waals surface area contributed by atoms with Gasteiger partial charge in [0.05, 0.1) is 0 Å². The number of nitrogens with one attached hydrogen (secondary N) is 1. The number of para-hydroxylation sites is 1. The van der Waals surface area contributed by atoms with Crippen LogP contribution in [0.15, 0.2) is 40.9 Å². The summed E-state index contributed by atoms with van der Waals surface area (Å²) in [5.41, 5.74) is 6.55. The first-order valence-corrected chi connectivity index (χ1v) is 7.37. The smallest absolute Gasteiger partial charge is 0.0491 e. The van der Waals surface area contributed by atoms with E-state index < -0.39 is 0 Å². The Labute approximate surface area is 124 Å². The monoisotopic (exact) mass is 317 g/mol. The van der Waals surface area contributed by atoms with E-state index in [-0.39, 0.29) is 0 Å². The molecule has 1 atom stereocenters. The molecule has 0 saturated heterocycles. The van der Waals surface area contributed by atoms with Gasteiger partial charge in [-0.2, -0.15) is 0 Å². The van der Waals surface area contributed by atoms with Crippen molar-refractivity contribution < 1.29 is 0 Å². The van der Waals surface area contributed by atoms with E-state index in [9.17, 15) is 0 Å². The van der Waals surface area contributed by atoms with Gasteiger partial charge in [0, 0.05) is 16.2 Å². The Hall–Kier alpha value is -1.28. The molecule has 1 N–H and O–H groups in total. The first-order valence-electron chi connectivity index (χ1n) is 6.58. The van der Waals surface area contributed by atoms with E-state index in [2.05, 4.69) is 79.3 Å². The van der Waals surface area contributed by atoms with Gasteiger partial charge in [-0.25, -0.2) is 0 Å². The molecule has 19 heavy (non-hydrogen) atoms. The number of anilines is 1. The molecule has 0 radical (unpaired) electrons. The van der Waals surface area contributed by atoms with Crippen LogP contribution in [0.5, 0.6) is 0 Å². The Morgan fingerprint density at radius 3 is 2.16 bits per heavy atom. The van der Waals surface area contributed by atoms with Crippen molar-refractivity contribution in [3.63, 3.8) is 0 Å². The summed E-state index contributed by atoms with van der Waals surface area (Å²) in [5, 5.41) is 3.58. The lowest BCUT2D eigenvalue weighted by Gasteiger charge is -2.21. The standard InChI is InChI=1S/C17H20BrN/c1-11-9-12(2)17(13(3)10-11)14(4)19-16-8-6-5-7-15(16)18/h5-10,14,19H,1-4H3. The van der Waals surface area contributed by atoms with Gasteiger partial charge in [-0.3, -0.25) is 0 Å². The second-order valence-electron chi connectivity index (χ2n) is 5.16. The highest BCUT2D eigenvalue weighted by atomic mass is 79.9. The highest BCUT2D eigenvalue weighted by molar-refractivity contribution is 9.10. The second kappa shape index (κ2) is 5.79. The predicted molar refractivity (Wildman–Crippen MR) is 86.8 cm³/mol. The molecule has 0 aliphatic carbocycles. The molecule has 0 amide bonds. The molecule has 2 heteroatoms. The normalized spacial score (nSPS) is 12.3. The van der Waals surface area contributed by atoms with Gasteiger partial charge in [0.1, 0.15) is 0 Å². The molecule has 0 aliphatic heterocycles. The molecule has 2 aromatic rings. The third-order valence-electron chi connectivity index (χ3n) is 3.42. The zero-order chi connectivity index (χ0) is 14.0. The van der Waals surface area contributed by atoms with E-state index in [1.165, 1.54) is 22.3 Å². The third-order valence-corrected chi connectivity index (χ3v) is 4.11. The minimum absolute atomic E-state index is 0.291. The topological polar surface area (TPSA) is 12.0 Å². The first kappa shape index (κ1) is 14.1. The van der Waals surface area contributed by atoms with Crippen molar-refractivity contribution in [2.45, 2.75) is 33.7 Å². The molecule has 2 rings (SSSR count). The summed E-state index contributed by atoms with van der Waals surface area (Å²) in [6, 6.07) is 13.0. The van der Waals surface area contributed by atoms with Gasteiger partial charge < -0.3 is 5.32 Å². The van der Waals surface area contributed by atoms with Gasteiger partial charge >= 0.3 is 0 Å². The van der Waals surface area contributed by atoms with E-state index in [0.29, 0.717) is 6.04 Å². The molecule has 0 fully saturated rings. The van der Waals surface area contributed by atoms with Crippen LogP contribution < -0.4 is 5.32 Å². The summed E-state index contributed by atoms with van der Waals surface area (Å²) in [5.74, 6) is 0. The molecule has 0 spiro atoms. The first-order chi connectivity index (χ1) is 8.99. The average Bonchev–Trinajstić information content (AvgIpc) is 2.30. The Balaban J connectivity index is 2.31. The van der Waals surface area contributed by atoms with Crippen molar-refractivity contribution in [1.82, 2.24) is 0 Å². The summed E-state index contributed by atoms with van der Waals surface area (Å²) >= 11 is 3.58. The number of hydrogen-bond acceptors (Lipinski definition) is 1. The molecular weight excluding hydrogens is 298 g/mol. The summed E-state index contributed by atoms with van der Waals surface area (Å²) in [4.78, 5) is 0. The van der Waals surface area contributed by atoms with Gasteiger partial charge in [-0.15, -0.1) is 0 Å². The minimum atomic E-state index is 0.291. The fourth-order valence-electron chi connectivity index (χ4n) is 2.76. The van der Waals surface area contributed by atoms with Crippen LogP contribution in [0.3, 0.4) is 0 Å². The fraction of sp³-hybridized carbons (Fsp3) is 0.294. The highest BCUT2D eigenvalue weighted by Gasteiger charge is 2.12. The predicted octanol–water partition coefficient (Wildman–Crippen LogP) is 5.55. The largest absolute Gasteiger partial charge is 0.378 e. The molecule has 1 unspecified atom stereocenters. The maximum Gasteiger partial charge on any atom is 0.0491 e. The van der Waals surface area contributed by atoms with E-state index in [1.807, 2.05) is 6.07 Å². The third kappa shape index (κ3) is 3.19. The van der Waals surface area contributed by atoms with E-state index >= 15 is 0 Å². The number of aryl methyl sites for hydroxylation is 3. The van der Waals surface area contributed by atoms with Gasteiger partial charge in [0.25, 0.3) is 0 Å². The summed E-state index contributed by atoms with van der Waals surface area (Å²) in [6.07, 6.45) is 0. The Bertz CT molecular complexity index is 567. The van der Waals surface area contributed by atoms with Crippen LogP contribution in [0.1, 0.15) is 35.2 Å². The maximum atomic E-state index is 3.58. The minimum Gasteiger partial charge on any atom is -0.378 e. The van der Waals surface area contributed by atoms with Crippen LogP contribution in [0.4, 0.5) is 5.69 Å². The summed E-state index contributed by atoms with van der Waals surface area (Å²) < 4.78 is 1.10. The van der Waals surface area contributed by atoms with Crippen LogP contribution in [0.25, 0.3) is 0 Å². The van der Waals surface area contributed by atoms with Gasteiger partial charge in [0.2, 0.25) is 0 Å². The molecule has 0 bridgehead atoms. The van der Waals surface area contributed by atoms with Gasteiger partial charge in [-0.1, -0.05) is 29.8 Å². The van der Waals surface area contributed by atoms with Crippen LogP contribution >= 0.6 is 15.9 Å². The molecular formula is C17H20BrN. The maximum absolute atomic E-state index is 3.58. The molecule has 100 valence electrons. The van der Waals surface area contributed by atoms with Gasteiger partial charge in [0.15, 0.2) is 0 Å². The zero-order valence-corrected chi connectivity index (χ0v) is 13.5.